The summed E-state index contributed by atoms with van der Waals surface area (Å²) in [4.78, 5) is 24.4. The molecule has 1 atom stereocenters. The number of rotatable bonds is 2. The Kier molecular flexibility index (Phi) is 3.71. The minimum absolute atomic E-state index is 0.404. The Labute approximate surface area is 111 Å². The zero-order valence-electron chi connectivity index (χ0n) is 10.3. The number of likely N-dealkylation sites (tertiary alicyclic amines) is 1. The van der Waals surface area contributed by atoms with E-state index in [-0.39, 0.29) is 0 Å². The van der Waals surface area contributed by atoms with Crippen molar-refractivity contribution in [3.05, 3.63) is 29.8 Å². The molecule has 5 nitrogen and oxygen atoms in total. The Morgan fingerprint density at radius 3 is 2.95 bits per heavy atom. The summed E-state index contributed by atoms with van der Waals surface area (Å²) in [6.45, 7) is 0.456. The number of hydrogen-bond donors (Lipinski definition) is 2. The van der Waals surface area contributed by atoms with Gasteiger partial charge in [0.1, 0.15) is 6.04 Å². The summed E-state index contributed by atoms with van der Waals surface area (Å²) in [5.74, 6) is 1.51. The van der Waals surface area contributed by atoms with E-state index in [1.165, 1.54) is 4.90 Å². The number of hydrogen-bond acceptors (Lipinski definition) is 2. The van der Waals surface area contributed by atoms with E-state index in [2.05, 4.69) is 11.2 Å². The van der Waals surface area contributed by atoms with Crippen LogP contribution in [0.5, 0.6) is 0 Å². The van der Waals surface area contributed by atoms with Crippen LogP contribution in [0, 0.1) is 12.3 Å². The zero-order chi connectivity index (χ0) is 13.8. The van der Waals surface area contributed by atoms with E-state index < -0.39 is 18.0 Å². The van der Waals surface area contributed by atoms with E-state index in [1.807, 2.05) is 0 Å². The lowest BCUT2D eigenvalue weighted by molar-refractivity contribution is -0.141. The van der Waals surface area contributed by atoms with Crippen LogP contribution in [0.3, 0.4) is 0 Å². The SMILES string of the molecule is C#Cc1cccc(NC(=O)N2CCC[C@@H]2C(=O)O)c1. The summed E-state index contributed by atoms with van der Waals surface area (Å²) in [6, 6.07) is 5.73. The molecule has 1 fully saturated rings. The first-order chi connectivity index (χ1) is 9.11. The van der Waals surface area contributed by atoms with Gasteiger partial charge < -0.3 is 15.3 Å². The third-order valence-corrected chi connectivity index (χ3v) is 3.08. The van der Waals surface area contributed by atoms with Gasteiger partial charge in [-0.2, -0.15) is 0 Å². The third kappa shape index (κ3) is 2.86. The molecule has 0 aromatic heterocycles. The average molecular weight is 258 g/mol. The molecule has 2 rings (SSSR count). The second kappa shape index (κ2) is 5.44. The van der Waals surface area contributed by atoms with Crippen LogP contribution in [0.15, 0.2) is 24.3 Å². The lowest BCUT2D eigenvalue weighted by Gasteiger charge is -2.21. The first-order valence-corrected chi connectivity index (χ1v) is 5.99. The van der Waals surface area contributed by atoms with E-state index >= 15 is 0 Å². The van der Waals surface area contributed by atoms with Gasteiger partial charge >= 0.3 is 12.0 Å². The number of benzene rings is 1. The second-order valence-corrected chi connectivity index (χ2v) is 4.34. The van der Waals surface area contributed by atoms with Crippen LogP contribution >= 0.6 is 0 Å². The fourth-order valence-electron chi connectivity index (χ4n) is 2.15. The van der Waals surface area contributed by atoms with Gasteiger partial charge in [-0.3, -0.25) is 0 Å². The molecule has 1 aliphatic rings. The van der Waals surface area contributed by atoms with Gasteiger partial charge in [0.2, 0.25) is 0 Å². The largest absolute Gasteiger partial charge is 0.480 e. The van der Waals surface area contributed by atoms with Crippen LogP contribution in [0.25, 0.3) is 0 Å². The van der Waals surface area contributed by atoms with Crippen LogP contribution in [-0.2, 0) is 4.79 Å². The molecule has 1 saturated heterocycles. The number of nitrogens with zero attached hydrogens (tertiary/aromatic N) is 1. The summed E-state index contributed by atoms with van der Waals surface area (Å²) in [5, 5.41) is 11.7. The minimum atomic E-state index is -0.968. The highest BCUT2D eigenvalue weighted by molar-refractivity contribution is 5.92. The number of urea groups is 1. The van der Waals surface area contributed by atoms with E-state index in [0.29, 0.717) is 30.6 Å². The maximum Gasteiger partial charge on any atom is 0.326 e. The Morgan fingerprint density at radius 2 is 2.26 bits per heavy atom. The Morgan fingerprint density at radius 1 is 1.47 bits per heavy atom. The van der Waals surface area contributed by atoms with Crippen molar-refractivity contribution in [2.24, 2.45) is 0 Å². The van der Waals surface area contributed by atoms with Crippen LogP contribution in [0.2, 0.25) is 0 Å². The predicted octanol–water partition coefficient (Wildman–Crippen LogP) is 1.75. The van der Waals surface area contributed by atoms with Crippen molar-refractivity contribution in [3.63, 3.8) is 0 Å². The van der Waals surface area contributed by atoms with Crippen molar-refractivity contribution in [2.45, 2.75) is 18.9 Å². The average Bonchev–Trinajstić information content (AvgIpc) is 2.88. The van der Waals surface area contributed by atoms with Gasteiger partial charge in [-0.15, -0.1) is 6.42 Å². The molecule has 2 amide bonds. The Bertz CT molecular complexity index is 548. The van der Waals surface area contributed by atoms with Gasteiger partial charge in [0, 0.05) is 17.8 Å². The number of carboxylic acids is 1. The molecule has 2 N–H and O–H groups in total. The van der Waals surface area contributed by atoms with Gasteiger partial charge in [-0.05, 0) is 31.0 Å². The molecule has 1 aromatic carbocycles. The highest BCUT2D eigenvalue weighted by Gasteiger charge is 2.33. The number of terminal acetylenes is 1. The molecular weight excluding hydrogens is 244 g/mol. The maximum atomic E-state index is 12.0. The molecule has 0 unspecified atom stereocenters. The fourth-order valence-corrected chi connectivity index (χ4v) is 2.15. The zero-order valence-corrected chi connectivity index (χ0v) is 10.3. The van der Waals surface area contributed by atoms with E-state index in [4.69, 9.17) is 11.5 Å². The predicted molar refractivity (Wildman–Crippen MR) is 70.8 cm³/mol. The Hall–Kier alpha value is -2.48. The molecule has 19 heavy (non-hydrogen) atoms. The molecule has 1 heterocycles. The molecule has 0 bridgehead atoms. The standard InChI is InChI=1S/C14H14N2O3/c1-2-10-5-3-6-11(9-10)15-14(19)16-8-4-7-12(16)13(17)18/h1,3,5-6,9,12H,4,7-8H2,(H,15,19)(H,17,18)/t12-/m1/s1. The third-order valence-electron chi connectivity index (χ3n) is 3.08. The van der Waals surface area contributed by atoms with E-state index in [0.717, 1.165) is 0 Å². The maximum absolute atomic E-state index is 12.0. The minimum Gasteiger partial charge on any atom is -0.480 e. The molecule has 98 valence electrons. The molecule has 1 aromatic rings. The van der Waals surface area contributed by atoms with Gasteiger partial charge in [-0.1, -0.05) is 12.0 Å². The molecule has 0 spiro atoms. The van der Waals surface area contributed by atoms with Crippen LogP contribution in [0.1, 0.15) is 18.4 Å². The lowest BCUT2D eigenvalue weighted by atomic mass is 10.2. The summed E-state index contributed by atoms with van der Waals surface area (Å²) in [6.07, 6.45) is 6.48. The van der Waals surface area contributed by atoms with Gasteiger partial charge in [0.25, 0.3) is 0 Å². The van der Waals surface area contributed by atoms with Crippen molar-refractivity contribution in [2.75, 3.05) is 11.9 Å². The van der Waals surface area contributed by atoms with E-state index in [1.54, 1.807) is 24.3 Å². The second-order valence-electron chi connectivity index (χ2n) is 4.34. The quantitative estimate of drug-likeness (QED) is 0.794. The van der Waals surface area contributed by atoms with Crippen molar-refractivity contribution in [1.82, 2.24) is 4.90 Å². The molecule has 0 radical (unpaired) electrons. The summed E-state index contributed by atoms with van der Waals surface area (Å²) in [5.41, 5.74) is 1.23. The van der Waals surface area contributed by atoms with Gasteiger partial charge in [0.05, 0.1) is 0 Å². The van der Waals surface area contributed by atoms with Crippen LogP contribution in [-0.4, -0.2) is 34.6 Å². The Balaban J connectivity index is 2.08. The number of carboxylic acid groups (broad SMARTS) is 1. The molecular formula is C14H14N2O3. The van der Waals surface area contributed by atoms with E-state index in [9.17, 15) is 9.59 Å². The number of carbonyl (C=O) groups is 2. The van der Waals surface area contributed by atoms with Gasteiger partial charge in [0.15, 0.2) is 0 Å². The number of aliphatic carboxylic acids is 1. The highest BCUT2D eigenvalue weighted by atomic mass is 16.4. The smallest absolute Gasteiger partial charge is 0.326 e. The lowest BCUT2D eigenvalue weighted by Crippen LogP contribution is -2.42. The fraction of sp³-hybridized carbons (Fsp3) is 0.286. The first-order valence-electron chi connectivity index (χ1n) is 5.99. The van der Waals surface area contributed by atoms with Crippen molar-refractivity contribution < 1.29 is 14.7 Å². The topological polar surface area (TPSA) is 69.6 Å². The van der Waals surface area contributed by atoms with Crippen molar-refractivity contribution >= 4 is 17.7 Å². The summed E-state index contributed by atoms with van der Waals surface area (Å²) in [7, 11) is 0. The molecule has 5 heteroatoms. The summed E-state index contributed by atoms with van der Waals surface area (Å²) < 4.78 is 0. The van der Waals surface area contributed by atoms with Crippen molar-refractivity contribution in [3.8, 4) is 12.3 Å². The number of nitrogens with one attached hydrogen (secondary N) is 1. The monoisotopic (exact) mass is 258 g/mol. The van der Waals surface area contributed by atoms with Gasteiger partial charge in [-0.25, -0.2) is 9.59 Å². The summed E-state index contributed by atoms with van der Waals surface area (Å²) >= 11 is 0. The number of anilines is 1. The highest BCUT2D eigenvalue weighted by Crippen LogP contribution is 2.19. The molecule has 1 aliphatic heterocycles. The van der Waals surface area contributed by atoms with Crippen LogP contribution < -0.4 is 5.32 Å². The number of amides is 2. The van der Waals surface area contributed by atoms with Crippen molar-refractivity contribution in [1.29, 1.82) is 0 Å². The number of carbonyl (C=O) groups excluding carboxylic acids is 1. The normalized spacial score (nSPS) is 17.8. The molecule has 0 aliphatic carbocycles. The van der Waals surface area contributed by atoms with Crippen LogP contribution in [0.4, 0.5) is 10.5 Å². The first kappa shape index (κ1) is 13.0. The molecule has 0 saturated carbocycles.